The molecular weight excluding hydrogens is 342 g/mol. The molecule has 142 valence electrons. The van der Waals surface area contributed by atoms with Crippen LogP contribution >= 0.6 is 0 Å². The third-order valence-electron chi connectivity index (χ3n) is 4.32. The summed E-state index contributed by atoms with van der Waals surface area (Å²) in [6.07, 6.45) is 0.187. The number of carbonyl (C=O) groups is 2. The molecule has 0 radical (unpaired) electrons. The molecule has 1 aromatic carbocycles. The van der Waals surface area contributed by atoms with Crippen molar-refractivity contribution < 1.29 is 29.3 Å². The zero-order chi connectivity index (χ0) is 18.5. The molecule has 0 saturated carbocycles. The molecule has 1 saturated heterocycles. The number of nitrogens with one attached hydrogen (secondary N) is 1. The van der Waals surface area contributed by atoms with Gasteiger partial charge in [-0.3, -0.25) is 4.79 Å². The lowest BCUT2D eigenvalue weighted by atomic mass is 10.2. The Bertz CT molecular complexity index is 662. The average molecular weight is 365 g/mol. The van der Waals surface area contributed by atoms with Gasteiger partial charge in [0.15, 0.2) is 11.5 Å². The van der Waals surface area contributed by atoms with E-state index in [2.05, 4.69) is 5.32 Å². The minimum atomic E-state index is -0.407. The predicted octanol–water partition coefficient (Wildman–Crippen LogP) is -0.441. The quantitative estimate of drug-likeness (QED) is 0.630. The second-order valence-corrected chi connectivity index (χ2v) is 6.12. The first-order chi connectivity index (χ1) is 12.6. The van der Waals surface area contributed by atoms with Crippen molar-refractivity contribution in [2.45, 2.75) is 12.5 Å². The van der Waals surface area contributed by atoms with E-state index < -0.39 is 6.03 Å². The van der Waals surface area contributed by atoms with Gasteiger partial charge < -0.3 is 34.8 Å². The summed E-state index contributed by atoms with van der Waals surface area (Å²) in [7, 11) is 0. The molecule has 0 spiro atoms. The molecule has 3 rings (SSSR count). The second-order valence-electron chi connectivity index (χ2n) is 6.12. The molecule has 1 aromatic rings. The predicted molar refractivity (Wildman–Crippen MR) is 92.5 cm³/mol. The number of aliphatic hydroxyl groups excluding tert-OH is 2. The summed E-state index contributed by atoms with van der Waals surface area (Å²) < 4.78 is 11.0. The van der Waals surface area contributed by atoms with Crippen molar-refractivity contribution >= 4 is 17.6 Å². The molecule has 3 N–H and O–H groups in total. The van der Waals surface area contributed by atoms with Crippen LogP contribution in [0.3, 0.4) is 0 Å². The minimum absolute atomic E-state index is 0.0946. The van der Waals surface area contributed by atoms with E-state index in [1.165, 1.54) is 4.90 Å². The summed E-state index contributed by atoms with van der Waals surface area (Å²) in [5.41, 5.74) is 0.693. The lowest BCUT2D eigenvalue weighted by Gasteiger charge is -2.24. The number of aliphatic hydroxyl groups is 2. The molecule has 0 aliphatic carbocycles. The Labute approximate surface area is 151 Å². The van der Waals surface area contributed by atoms with Crippen LogP contribution < -0.4 is 19.7 Å². The normalized spacial score (nSPS) is 18.8. The van der Waals surface area contributed by atoms with Crippen LogP contribution in [0.25, 0.3) is 0 Å². The Morgan fingerprint density at radius 3 is 2.58 bits per heavy atom. The van der Waals surface area contributed by atoms with Crippen LogP contribution in [0.2, 0.25) is 0 Å². The van der Waals surface area contributed by atoms with Gasteiger partial charge in [-0.05, 0) is 12.1 Å². The minimum Gasteiger partial charge on any atom is -0.486 e. The van der Waals surface area contributed by atoms with Crippen LogP contribution in [0.15, 0.2) is 18.2 Å². The zero-order valence-electron chi connectivity index (χ0n) is 14.4. The zero-order valence-corrected chi connectivity index (χ0v) is 14.4. The Kier molecular flexibility index (Phi) is 5.79. The van der Waals surface area contributed by atoms with E-state index in [9.17, 15) is 9.59 Å². The number of ether oxygens (including phenoxy) is 2. The monoisotopic (exact) mass is 365 g/mol. The third-order valence-corrected chi connectivity index (χ3v) is 4.32. The number of amides is 3. The Morgan fingerprint density at radius 2 is 1.88 bits per heavy atom. The maximum absolute atomic E-state index is 12.4. The van der Waals surface area contributed by atoms with Gasteiger partial charge in [-0.1, -0.05) is 0 Å². The Morgan fingerprint density at radius 1 is 1.19 bits per heavy atom. The van der Waals surface area contributed by atoms with E-state index in [4.69, 9.17) is 19.7 Å². The number of urea groups is 1. The summed E-state index contributed by atoms with van der Waals surface area (Å²) in [6, 6.07) is 4.57. The number of nitrogens with zero attached hydrogens (tertiary/aromatic N) is 2. The van der Waals surface area contributed by atoms with Crippen molar-refractivity contribution in [2.75, 3.05) is 51.0 Å². The van der Waals surface area contributed by atoms with Crippen LogP contribution in [-0.4, -0.2) is 79.2 Å². The fraction of sp³-hybridized carbons (Fsp3) is 0.529. The Balaban J connectivity index is 1.64. The highest BCUT2D eigenvalue weighted by Crippen LogP contribution is 2.35. The molecule has 0 unspecified atom stereocenters. The van der Waals surface area contributed by atoms with Gasteiger partial charge in [0.05, 0.1) is 19.3 Å². The van der Waals surface area contributed by atoms with Gasteiger partial charge in [0.2, 0.25) is 5.91 Å². The van der Waals surface area contributed by atoms with Crippen LogP contribution in [0.5, 0.6) is 11.5 Å². The van der Waals surface area contributed by atoms with E-state index in [1.54, 1.807) is 23.1 Å². The number of anilines is 1. The second kappa shape index (κ2) is 8.24. The van der Waals surface area contributed by atoms with Crippen LogP contribution in [-0.2, 0) is 4.79 Å². The summed E-state index contributed by atoms with van der Waals surface area (Å²) in [5, 5.41) is 20.8. The third kappa shape index (κ3) is 4.00. The fourth-order valence-corrected chi connectivity index (χ4v) is 3.08. The van der Waals surface area contributed by atoms with E-state index in [1.807, 2.05) is 0 Å². The number of rotatable bonds is 6. The highest BCUT2D eigenvalue weighted by molar-refractivity contribution is 5.97. The molecule has 0 bridgehead atoms. The van der Waals surface area contributed by atoms with Crippen molar-refractivity contribution in [3.05, 3.63) is 18.2 Å². The van der Waals surface area contributed by atoms with Crippen LogP contribution in [0.4, 0.5) is 10.5 Å². The first-order valence-corrected chi connectivity index (χ1v) is 8.59. The number of hydrogen-bond acceptors (Lipinski definition) is 6. The van der Waals surface area contributed by atoms with E-state index in [0.29, 0.717) is 36.9 Å². The first-order valence-electron chi connectivity index (χ1n) is 8.59. The Hall–Kier alpha value is -2.52. The molecule has 9 heteroatoms. The van der Waals surface area contributed by atoms with E-state index in [0.717, 1.165) is 0 Å². The number of carbonyl (C=O) groups excluding carboxylic acids is 2. The standard InChI is InChI=1S/C17H23N3O6/c21-5-3-19(4-6-22)17(24)18-12-9-16(23)20(11-12)13-1-2-14-15(10-13)26-8-7-25-14/h1-2,10,12,21-22H,3-9,11H2,(H,18,24)/t12-/m0/s1. The lowest BCUT2D eigenvalue weighted by molar-refractivity contribution is -0.117. The van der Waals surface area contributed by atoms with Crippen LogP contribution in [0.1, 0.15) is 6.42 Å². The van der Waals surface area contributed by atoms with Gasteiger partial charge in [0.1, 0.15) is 13.2 Å². The molecular formula is C17H23N3O6. The van der Waals surface area contributed by atoms with E-state index in [-0.39, 0.29) is 44.7 Å². The molecule has 1 atom stereocenters. The fourth-order valence-electron chi connectivity index (χ4n) is 3.08. The molecule has 26 heavy (non-hydrogen) atoms. The van der Waals surface area contributed by atoms with Crippen molar-refractivity contribution in [2.24, 2.45) is 0 Å². The summed E-state index contributed by atoms with van der Waals surface area (Å²) in [5.74, 6) is 1.16. The SMILES string of the molecule is O=C(N[C@H]1CC(=O)N(c2ccc3c(c2)OCCO3)C1)N(CCO)CCO. The maximum atomic E-state index is 12.4. The van der Waals surface area contributed by atoms with Crippen molar-refractivity contribution in [3.63, 3.8) is 0 Å². The average Bonchev–Trinajstić information content (AvgIpc) is 3.01. The van der Waals surface area contributed by atoms with Gasteiger partial charge in [-0.15, -0.1) is 0 Å². The molecule has 0 aromatic heterocycles. The molecule has 1 fully saturated rings. The van der Waals surface area contributed by atoms with Gasteiger partial charge in [0, 0.05) is 37.8 Å². The number of fused-ring (bicyclic) bond motifs is 1. The molecule has 2 heterocycles. The number of benzene rings is 1. The smallest absolute Gasteiger partial charge is 0.317 e. The largest absolute Gasteiger partial charge is 0.486 e. The van der Waals surface area contributed by atoms with Crippen LogP contribution in [0, 0.1) is 0 Å². The van der Waals surface area contributed by atoms with Gasteiger partial charge in [0.25, 0.3) is 0 Å². The lowest BCUT2D eigenvalue weighted by Crippen LogP contribution is -2.47. The molecule has 3 amide bonds. The summed E-state index contributed by atoms with van der Waals surface area (Å²) in [6.45, 7) is 1.17. The van der Waals surface area contributed by atoms with Gasteiger partial charge in [-0.25, -0.2) is 4.79 Å². The van der Waals surface area contributed by atoms with Crippen molar-refractivity contribution in [1.82, 2.24) is 10.2 Å². The maximum Gasteiger partial charge on any atom is 0.317 e. The molecule has 2 aliphatic heterocycles. The molecule has 9 nitrogen and oxygen atoms in total. The summed E-state index contributed by atoms with van der Waals surface area (Å²) >= 11 is 0. The van der Waals surface area contributed by atoms with Gasteiger partial charge in [-0.2, -0.15) is 0 Å². The molecule has 2 aliphatic rings. The number of hydrogen-bond donors (Lipinski definition) is 3. The summed E-state index contributed by atoms with van der Waals surface area (Å²) in [4.78, 5) is 27.5. The van der Waals surface area contributed by atoms with Gasteiger partial charge >= 0.3 is 6.03 Å². The van der Waals surface area contributed by atoms with E-state index >= 15 is 0 Å². The topological polar surface area (TPSA) is 112 Å². The highest BCUT2D eigenvalue weighted by Gasteiger charge is 2.33. The van der Waals surface area contributed by atoms with Crippen molar-refractivity contribution in [3.8, 4) is 11.5 Å². The first kappa shape index (κ1) is 18.3. The highest BCUT2D eigenvalue weighted by atomic mass is 16.6. The van der Waals surface area contributed by atoms with Crippen molar-refractivity contribution in [1.29, 1.82) is 0 Å².